The minimum atomic E-state index is -4.48. The van der Waals surface area contributed by atoms with E-state index in [1.165, 1.54) is 17.0 Å². The van der Waals surface area contributed by atoms with Crippen LogP contribution in [0.4, 0.5) is 13.2 Å². The standard InChI is InChI=1S/C13H13ClF3NO3S/c1-8(9-3-2-4-10(5-9)13(15,16)17)18-7-11(6-12(18)19)22(14,20)21/h2-5,8,11H,6-7H2,1H3. The van der Waals surface area contributed by atoms with Gasteiger partial charge in [0.1, 0.15) is 5.25 Å². The first-order valence-corrected chi connectivity index (χ1v) is 8.77. The van der Waals surface area contributed by atoms with Crippen molar-refractivity contribution in [3.63, 3.8) is 0 Å². The lowest BCUT2D eigenvalue weighted by Gasteiger charge is -2.25. The molecule has 0 saturated carbocycles. The molecule has 0 N–H and O–H groups in total. The van der Waals surface area contributed by atoms with Crippen molar-refractivity contribution >= 4 is 25.6 Å². The maximum atomic E-state index is 12.7. The zero-order valence-corrected chi connectivity index (χ0v) is 13.0. The van der Waals surface area contributed by atoms with Crippen LogP contribution in [0.5, 0.6) is 0 Å². The molecule has 9 heteroatoms. The van der Waals surface area contributed by atoms with E-state index in [-0.39, 0.29) is 18.5 Å². The molecule has 1 aromatic rings. The van der Waals surface area contributed by atoms with Crippen molar-refractivity contribution in [1.29, 1.82) is 0 Å². The van der Waals surface area contributed by atoms with E-state index < -0.39 is 38.0 Å². The van der Waals surface area contributed by atoms with Gasteiger partial charge in [-0.2, -0.15) is 13.2 Å². The van der Waals surface area contributed by atoms with Crippen LogP contribution in [0, 0.1) is 0 Å². The van der Waals surface area contributed by atoms with Crippen LogP contribution in [0.1, 0.15) is 30.5 Å². The minimum Gasteiger partial charge on any atom is -0.335 e. The molecule has 2 rings (SSSR count). The molecule has 2 unspecified atom stereocenters. The van der Waals surface area contributed by atoms with Crippen LogP contribution in [0.3, 0.4) is 0 Å². The average Bonchev–Trinajstić information content (AvgIpc) is 2.79. The van der Waals surface area contributed by atoms with Crippen LogP contribution in [0.15, 0.2) is 24.3 Å². The van der Waals surface area contributed by atoms with E-state index in [1.54, 1.807) is 6.92 Å². The van der Waals surface area contributed by atoms with Gasteiger partial charge in [-0.3, -0.25) is 4.79 Å². The molecule has 122 valence electrons. The Kier molecular flexibility index (Phi) is 4.45. The fraction of sp³-hybridized carbons (Fsp3) is 0.462. The van der Waals surface area contributed by atoms with Crippen LogP contribution in [-0.2, 0) is 20.0 Å². The number of alkyl halides is 3. The monoisotopic (exact) mass is 355 g/mol. The highest BCUT2D eigenvalue weighted by atomic mass is 35.7. The van der Waals surface area contributed by atoms with Crippen LogP contribution in [0.2, 0.25) is 0 Å². The van der Waals surface area contributed by atoms with Gasteiger partial charge in [-0.1, -0.05) is 12.1 Å². The van der Waals surface area contributed by atoms with Gasteiger partial charge in [-0.15, -0.1) is 0 Å². The van der Waals surface area contributed by atoms with E-state index in [0.29, 0.717) is 0 Å². The lowest BCUT2D eigenvalue weighted by atomic mass is 10.0. The fourth-order valence-corrected chi connectivity index (χ4v) is 3.45. The second-order valence-corrected chi connectivity index (χ2v) is 8.06. The van der Waals surface area contributed by atoms with E-state index in [9.17, 15) is 26.4 Å². The largest absolute Gasteiger partial charge is 0.416 e. The van der Waals surface area contributed by atoms with Crippen molar-refractivity contribution < 1.29 is 26.4 Å². The molecule has 4 nitrogen and oxygen atoms in total. The molecule has 1 amide bonds. The third-order valence-corrected chi connectivity index (χ3v) is 5.55. The van der Waals surface area contributed by atoms with Gasteiger partial charge in [0.2, 0.25) is 15.0 Å². The molecule has 0 aliphatic carbocycles. The molecule has 1 aromatic carbocycles. The van der Waals surface area contributed by atoms with Crippen LogP contribution in [0.25, 0.3) is 0 Å². The number of halogens is 4. The van der Waals surface area contributed by atoms with Crippen LogP contribution >= 0.6 is 10.7 Å². The van der Waals surface area contributed by atoms with E-state index >= 15 is 0 Å². The smallest absolute Gasteiger partial charge is 0.335 e. The van der Waals surface area contributed by atoms with Crippen LogP contribution in [-0.4, -0.2) is 31.0 Å². The molecule has 0 radical (unpaired) electrons. The number of nitrogens with zero attached hydrogens (tertiary/aromatic N) is 1. The zero-order chi connectivity index (χ0) is 16.7. The Morgan fingerprint density at radius 2 is 2.00 bits per heavy atom. The first-order valence-electron chi connectivity index (χ1n) is 6.40. The number of benzene rings is 1. The molecule has 1 saturated heterocycles. The predicted octanol–water partition coefficient (Wildman–Crippen LogP) is 2.94. The number of hydrogen-bond donors (Lipinski definition) is 0. The summed E-state index contributed by atoms with van der Waals surface area (Å²) in [5.41, 5.74) is -0.527. The summed E-state index contributed by atoms with van der Waals surface area (Å²) < 4.78 is 60.8. The van der Waals surface area contributed by atoms with E-state index in [2.05, 4.69) is 0 Å². The second-order valence-electron chi connectivity index (χ2n) is 5.15. The van der Waals surface area contributed by atoms with Gasteiger partial charge in [-0.25, -0.2) is 8.42 Å². The number of carbonyl (C=O) groups is 1. The van der Waals surface area contributed by atoms with E-state index in [0.717, 1.165) is 12.1 Å². The van der Waals surface area contributed by atoms with Crippen molar-refractivity contribution in [3.05, 3.63) is 35.4 Å². The Morgan fingerprint density at radius 1 is 1.36 bits per heavy atom. The van der Waals surface area contributed by atoms with Gasteiger partial charge in [0.05, 0.1) is 11.6 Å². The Labute approximate surface area is 130 Å². The highest BCUT2D eigenvalue weighted by Gasteiger charge is 2.40. The number of carbonyl (C=O) groups excluding carboxylic acids is 1. The van der Waals surface area contributed by atoms with Crippen molar-refractivity contribution in [2.75, 3.05) is 6.54 Å². The molecule has 0 spiro atoms. The molecular weight excluding hydrogens is 343 g/mol. The van der Waals surface area contributed by atoms with Crippen molar-refractivity contribution in [2.45, 2.75) is 30.8 Å². The fourth-order valence-electron chi connectivity index (χ4n) is 2.42. The molecule has 1 aliphatic heterocycles. The summed E-state index contributed by atoms with van der Waals surface area (Å²) in [6.45, 7) is 1.43. The first kappa shape index (κ1) is 17.1. The summed E-state index contributed by atoms with van der Waals surface area (Å²) in [5.74, 6) is -0.445. The number of likely N-dealkylation sites (tertiary alicyclic amines) is 1. The number of rotatable bonds is 3. The topological polar surface area (TPSA) is 54.5 Å². The molecule has 1 fully saturated rings. The Bertz CT molecular complexity index is 690. The summed E-state index contributed by atoms with van der Waals surface area (Å²) >= 11 is 0. The molecule has 0 aromatic heterocycles. The van der Waals surface area contributed by atoms with Gasteiger partial charge in [0, 0.05) is 23.6 Å². The zero-order valence-electron chi connectivity index (χ0n) is 11.5. The normalized spacial score (nSPS) is 21.2. The van der Waals surface area contributed by atoms with Gasteiger partial charge in [0.25, 0.3) is 0 Å². The van der Waals surface area contributed by atoms with Gasteiger partial charge in [-0.05, 0) is 24.6 Å². The van der Waals surface area contributed by atoms with Crippen molar-refractivity contribution in [3.8, 4) is 0 Å². The van der Waals surface area contributed by atoms with Crippen LogP contribution < -0.4 is 0 Å². The number of hydrogen-bond acceptors (Lipinski definition) is 3. The number of amides is 1. The van der Waals surface area contributed by atoms with Crippen molar-refractivity contribution in [2.24, 2.45) is 0 Å². The van der Waals surface area contributed by atoms with Crippen molar-refractivity contribution in [1.82, 2.24) is 4.90 Å². The SMILES string of the molecule is CC(c1cccc(C(F)(F)F)c1)N1CC(S(=O)(=O)Cl)CC1=O. The van der Waals surface area contributed by atoms with Gasteiger partial charge < -0.3 is 4.90 Å². The summed E-state index contributed by atoms with van der Waals surface area (Å²) in [7, 11) is 1.36. The maximum absolute atomic E-state index is 12.7. The molecule has 1 aliphatic rings. The molecule has 2 atom stereocenters. The van der Waals surface area contributed by atoms with E-state index in [1.807, 2.05) is 0 Å². The van der Waals surface area contributed by atoms with Gasteiger partial charge >= 0.3 is 6.18 Å². The third-order valence-electron chi connectivity index (χ3n) is 3.68. The summed E-state index contributed by atoms with van der Waals surface area (Å²) in [4.78, 5) is 13.1. The highest BCUT2D eigenvalue weighted by molar-refractivity contribution is 8.14. The molecule has 22 heavy (non-hydrogen) atoms. The molecule has 1 heterocycles. The predicted molar refractivity (Wildman–Crippen MR) is 74.7 cm³/mol. The van der Waals surface area contributed by atoms with Gasteiger partial charge in [0.15, 0.2) is 0 Å². The molecular formula is C13H13ClF3NO3S. The summed E-state index contributed by atoms with van der Waals surface area (Å²) in [6.07, 6.45) is -4.73. The summed E-state index contributed by atoms with van der Waals surface area (Å²) in [6, 6.07) is 3.95. The quantitative estimate of drug-likeness (QED) is 0.783. The highest BCUT2D eigenvalue weighted by Crippen LogP contribution is 2.34. The Balaban J connectivity index is 2.26. The lowest BCUT2D eigenvalue weighted by Crippen LogP contribution is -2.30. The first-order chi connectivity index (χ1) is 10.00. The maximum Gasteiger partial charge on any atom is 0.416 e. The summed E-state index contributed by atoms with van der Waals surface area (Å²) in [5, 5.41) is -1.03. The third kappa shape index (κ3) is 3.55. The average molecular weight is 356 g/mol. The minimum absolute atomic E-state index is 0.123. The molecule has 0 bridgehead atoms. The Hall–Kier alpha value is -1.28. The lowest BCUT2D eigenvalue weighted by molar-refractivity contribution is -0.137. The second kappa shape index (κ2) is 5.73. The van der Waals surface area contributed by atoms with E-state index in [4.69, 9.17) is 10.7 Å². The Morgan fingerprint density at radius 3 is 2.50 bits per heavy atom.